The van der Waals surface area contributed by atoms with Gasteiger partial charge in [0, 0.05) is 13.0 Å². The molecule has 0 aromatic carbocycles. The maximum atomic E-state index is 11.6. The van der Waals surface area contributed by atoms with Gasteiger partial charge in [-0.2, -0.15) is 0 Å². The van der Waals surface area contributed by atoms with Gasteiger partial charge in [0.05, 0.1) is 18.1 Å². The van der Waals surface area contributed by atoms with Gasteiger partial charge in [0.2, 0.25) is 0 Å². The number of carbonyl (C=O) groups is 1. The Bertz CT molecular complexity index is 485. The molecule has 0 bridgehead atoms. The summed E-state index contributed by atoms with van der Waals surface area (Å²) in [6.45, 7) is 1.76. The molecule has 96 valence electrons. The van der Waals surface area contributed by atoms with Gasteiger partial charge in [-0.3, -0.25) is 4.79 Å². The number of hydrogen-bond donors (Lipinski definition) is 2. The lowest BCUT2D eigenvalue weighted by Gasteiger charge is -2.22. The third kappa shape index (κ3) is 3.24. The highest BCUT2D eigenvalue weighted by Crippen LogP contribution is 2.13. The summed E-state index contributed by atoms with van der Waals surface area (Å²) in [7, 11) is 0. The summed E-state index contributed by atoms with van der Waals surface area (Å²) in [5.41, 5.74) is -1.07. The van der Waals surface area contributed by atoms with E-state index in [1.54, 1.807) is 37.5 Å². The van der Waals surface area contributed by atoms with Crippen molar-refractivity contribution in [3.05, 3.63) is 48.3 Å². The van der Waals surface area contributed by atoms with E-state index in [9.17, 15) is 9.90 Å². The Balaban J connectivity index is 1.87. The summed E-state index contributed by atoms with van der Waals surface area (Å²) in [6, 6.07) is 6.74. The van der Waals surface area contributed by atoms with E-state index in [0.29, 0.717) is 12.2 Å². The zero-order valence-electron chi connectivity index (χ0n) is 10.1. The number of rotatable bonds is 5. The molecule has 18 heavy (non-hydrogen) atoms. The van der Waals surface area contributed by atoms with Crippen molar-refractivity contribution >= 4 is 5.91 Å². The van der Waals surface area contributed by atoms with Crippen molar-refractivity contribution < 1.29 is 18.7 Å². The van der Waals surface area contributed by atoms with Crippen LogP contribution in [0, 0.1) is 0 Å². The number of hydrogen-bond acceptors (Lipinski definition) is 4. The Morgan fingerprint density at radius 3 is 2.67 bits per heavy atom. The second kappa shape index (κ2) is 5.10. The van der Waals surface area contributed by atoms with Gasteiger partial charge in [-0.25, -0.2) is 0 Å². The van der Waals surface area contributed by atoms with E-state index in [4.69, 9.17) is 8.83 Å². The molecule has 0 aliphatic heterocycles. The predicted octanol–water partition coefficient (Wildman–Crippen LogP) is 1.60. The smallest absolute Gasteiger partial charge is 0.287 e. The molecule has 0 fully saturated rings. The molecule has 0 saturated carbocycles. The van der Waals surface area contributed by atoms with Crippen LogP contribution in [0.25, 0.3) is 0 Å². The highest BCUT2D eigenvalue weighted by Gasteiger charge is 2.23. The van der Waals surface area contributed by atoms with Crippen LogP contribution in [0.5, 0.6) is 0 Å². The zero-order chi connectivity index (χ0) is 13.0. The normalized spacial score (nSPS) is 14.1. The topological polar surface area (TPSA) is 75.6 Å². The highest BCUT2D eigenvalue weighted by atomic mass is 16.3. The van der Waals surface area contributed by atoms with Gasteiger partial charge < -0.3 is 19.3 Å². The molecule has 2 aromatic rings. The summed E-state index contributed by atoms with van der Waals surface area (Å²) in [6.07, 6.45) is 3.31. The molecule has 5 nitrogen and oxygen atoms in total. The van der Waals surface area contributed by atoms with E-state index in [-0.39, 0.29) is 18.2 Å². The van der Waals surface area contributed by atoms with Crippen LogP contribution in [0.1, 0.15) is 23.2 Å². The second-order valence-electron chi connectivity index (χ2n) is 4.41. The lowest BCUT2D eigenvalue weighted by atomic mass is 10.0. The first kappa shape index (κ1) is 12.4. The minimum absolute atomic E-state index is 0.118. The maximum Gasteiger partial charge on any atom is 0.287 e. The van der Waals surface area contributed by atoms with Crippen LogP contribution in [-0.2, 0) is 6.42 Å². The summed E-state index contributed by atoms with van der Waals surface area (Å²) in [4.78, 5) is 11.6. The first-order valence-corrected chi connectivity index (χ1v) is 5.63. The van der Waals surface area contributed by atoms with Gasteiger partial charge in [0.15, 0.2) is 5.76 Å². The molecular formula is C13H15NO4. The van der Waals surface area contributed by atoms with Crippen molar-refractivity contribution in [2.24, 2.45) is 0 Å². The average Bonchev–Trinajstić information content (AvgIpc) is 2.97. The summed E-state index contributed by atoms with van der Waals surface area (Å²) < 4.78 is 10.1. The fourth-order valence-electron chi connectivity index (χ4n) is 1.62. The lowest BCUT2D eigenvalue weighted by Crippen LogP contribution is -2.42. The third-order valence-electron chi connectivity index (χ3n) is 2.51. The van der Waals surface area contributed by atoms with Crippen molar-refractivity contribution in [1.82, 2.24) is 5.32 Å². The highest BCUT2D eigenvalue weighted by molar-refractivity contribution is 5.91. The monoisotopic (exact) mass is 249 g/mol. The van der Waals surface area contributed by atoms with Crippen LogP contribution in [0.4, 0.5) is 0 Å². The van der Waals surface area contributed by atoms with Crippen molar-refractivity contribution in [1.29, 1.82) is 0 Å². The first-order valence-electron chi connectivity index (χ1n) is 5.63. The van der Waals surface area contributed by atoms with E-state index >= 15 is 0 Å². The molecule has 1 unspecified atom stereocenters. The number of furan rings is 2. The average molecular weight is 249 g/mol. The van der Waals surface area contributed by atoms with Crippen LogP contribution in [0.15, 0.2) is 45.6 Å². The molecule has 0 saturated heterocycles. The van der Waals surface area contributed by atoms with E-state index in [1.165, 1.54) is 6.26 Å². The second-order valence-corrected chi connectivity index (χ2v) is 4.41. The van der Waals surface area contributed by atoms with Crippen LogP contribution in [0.3, 0.4) is 0 Å². The Morgan fingerprint density at radius 1 is 1.33 bits per heavy atom. The van der Waals surface area contributed by atoms with Gasteiger partial charge in [-0.15, -0.1) is 0 Å². The largest absolute Gasteiger partial charge is 0.469 e. The Labute approximate surface area is 104 Å². The van der Waals surface area contributed by atoms with Gasteiger partial charge in [-0.1, -0.05) is 0 Å². The van der Waals surface area contributed by atoms with Crippen molar-refractivity contribution in [2.45, 2.75) is 18.9 Å². The fourth-order valence-corrected chi connectivity index (χ4v) is 1.62. The molecule has 0 aliphatic carbocycles. The van der Waals surface area contributed by atoms with Crippen LogP contribution in [-0.4, -0.2) is 23.2 Å². The minimum Gasteiger partial charge on any atom is -0.469 e. The lowest BCUT2D eigenvalue weighted by molar-refractivity contribution is 0.0503. The molecule has 0 aliphatic rings. The number of nitrogens with one attached hydrogen (secondary N) is 1. The molecule has 0 spiro atoms. The molecule has 2 aromatic heterocycles. The van der Waals surface area contributed by atoms with Gasteiger partial charge in [0.1, 0.15) is 5.76 Å². The fraction of sp³-hybridized carbons (Fsp3) is 0.308. The predicted molar refractivity (Wildman–Crippen MR) is 64.1 cm³/mol. The molecule has 5 heteroatoms. The summed E-state index contributed by atoms with van der Waals surface area (Å²) >= 11 is 0. The summed E-state index contributed by atoms with van der Waals surface area (Å²) in [5.74, 6) is 0.552. The van der Waals surface area contributed by atoms with Crippen LogP contribution >= 0.6 is 0 Å². The van der Waals surface area contributed by atoms with E-state index in [0.717, 1.165) is 0 Å². The van der Waals surface area contributed by atoms with Gasteiger partial charge in [0.25, 0.3) is 5.91 Å². The molecule has 2 N–H and O–H groups in total. The van der Waals surface area contributed by atoms with Crippen LogP contribution in [0.2, 0.25) is 0 Å². The molecule has 1 amide bonds. The van der Waals surface area contributed by atoms with Crippen LogP contribution < -0.4 is 5.32 Å². The van der Waals surface area contributed by atoms with E-state index < -0.39 is 5.60 Å². The molecular weight excluding hydrogens is 234 g/mol. The molecule has 2 rings (SSSR count). The van der Waals surface area contributed by atoms with Gasteiger partial charge in [-0.05, 0) is 31.2 Å². The number of aliphatic hydroxyl groups is 1. The van der Waals surface area contributed by atoms with E-state index in [1.807, 2.05) is 0 Å². The van der Waals surface area contributed by atoms with Crippen molar-refractivity contribution in [3.8, 4) is 0 Å². The standard InChI is InChI=1S/C13H15NO4/c1-13(16,8-10-4-2-6-17-10)9-14-12(15)11-5-3-7-18-11/h2-7,16H,8-9H2,1H3,(H,14,15). The quantitative estimate of drug-likeness (QED) is 0.843. The Hall–Kier alpha value is -2.01. The van der Waals surface area contributed by atoms with Gasteiger partial charge >= 0.3 is 0 Å². The third-order valence-corrected chi connectivity index (χ3v) is 2.51. The Kier molecular flexibility index (Phi) is 3.53. The SMILES string of the molecule is CC(O)(CNC(=O)c1ccco1)Cc1ccco1. The first-order chi connectivity index (χ1) is 8.57. The molecule has 1 atom stereocenters. The maximum absolute atomic E-state index is 11.6. The van der Waals surface area contributed by atoms with Crippen molar-refractivity contribution in [3.63, 3.8) is 0 Å². The summed E-state index contributed by atoms with van der Waals surface area (Å²) in [5, 5.41) is 12.7. The minimum atomic E-state index is -1.07. The number of amides is 1. The van der Waals surface area contributed by atoms with Crippen molar-refractivity contribution in [2.75, 3.05) is 6.54 Å². The van der Waals surface area contributed by atoms with E-state index in [2.05, 4.69) is 5.32 Å². The molecule has 2 heterocycles. The molecule has 0 radical (unpaired) electrons. The Morgan fingerprint density at radius 2 is 2.06 bits per heavy atom. The number of carbonyl (C=O) groups excluding carboxylic acids is 1. The zero-order valence-corrected chi connectivity index (χ0v) is 10.1.